The van der Waals surface area contributed by atoms with Gasteiger partial charge in [0.25, 0.3) is 0 Å². The van der Waals surface area contributed by atoms with Crippen LogP contribution in [0.2, 0.25) is 0 Å². The molecule has 0 unspecified atom stereocenters. The van der Waals surface area contributed by atoms with E-state index in [2.05, 4.69) is 9.97 Å². The Balaban J connectivity index is 2.48. The van der Waals surface area contributed by atoms with Crippen LogP contribution in [0.5, 0.6) is 0 Å². The SMILES string of the molecule is Fc1cncc(-c2ccc[nH]2)c1. The molecule has 12 heavy (non-hydrogen) atoms. The summed E-state index contributed by atoms with van der Waals surface area (Å²) >= 11 is 0. The molecular formula is C9H7FN2. The first-order valence-corrected chi connectivity index (χ1v) is 3.60. The van der Waals surface area contributed by atoms with Gasteiger partial charge < -0.3 is 4.98 Å². The molecule has 0 saturated carbocycles. The smallest absolute Gasteiger partial charge is 0.142 e. The van der Waals surface area contributed by atoms with E-state index in [0.29, 0.717) is 0 Å². The van der Waals surface area contributed by atoms with E-state index in [4.69, 9.17) is 0 Å². The van der Waals surface area contributed by atoms with Crippen molar-refractivity contribution in [1.29, 1.82) is 0 Å². The summed E-state index contributed by atoms with van der Waals surface area (Å²) in [5, 5.41) is 0. The maximum atomic E-state index is 12.7. The summed E-state index contributed by atoms with van der Waals surface area (Å²) in [6, 6.07) is 5.18. The van der Waals surface area contributed by atoms with Crippen molar-refractivity contribution in [3.63, 3.8) is 0 Å². The molecule has 0 aromatic carbocycles. The third-order valence-electron chi connectivity index (χ3n) is 1.61. The molecule has 0 fully saturated rings. The lowest BCUT2D eigenvalue weighted by Crippen LogP contribution is -1.81. The molecule has 0 aliphatic heterocycles. The van der Waals surface area contributed by atoms with Gasteiger partial charge in [0.05, 0.1) is 6.20 Å². The molecule has 2 heterocycles. The predicted octanol–water partition coefficient (Wildman–Crippen LogP) is 2.22. The summed E-state index contributed by atoms with van der Waals surface area (Å²) in [6.45, 7) is 0. The van der Waals surface area contributed by atoms with Crippen LogP contribution in [-0.2, 0) is 0 Å². The Kier molecular flexibility index (Phi) is 1.63. The number of halogens is 1. The number of hydrogen-bond acceptors (Lipinski definition) is 1. The Hall–Kier alpha value is -1.64. The largest absolute Gasteiger partial charge is 0.361 e. The van der Waals surface area contributed by atoms with Crippen molar-refractivity contribution in [2.24, 2.45) is 0 Å². The zero-order valence-electron chi connectivity index (χ0n) is 6.29. The first-order valence-electron chi connectivity index (χ1n) is 3.60. The number of hydrogen-bond donors (Lipinski definition) is 1. The molecule has 0 bridgehead atoms. The van der Waals surface area contributed by atoms with Crippen LogP contribution in [0.4, 0.5) is 4.39 Å². The lowest BCUT2D eigenvalue weighted by molar-refractivity contribution is 0.622. The molecule has 0 atom stereocenters. The van der Waals surface area contributed by atoms with Crippen LogP contribution in [0.1, 0.15) is 0 Å². The molecule has 2 rings (SSSR count). The van der Waals surface area contributed by atoms with Gasteiger partial charge in [0.1, 0.15) is 5.82 Å². The van der Waals surface area contributed by atoms with Gasteiger partial charge in [-0.1, -0.05) is 0 Å². The molecule has 0 radical (unpaired) electrons. The zero-order valence-corrected chi connectivity index (χ0v) is 6.29. The van der Waals surface area contributed by atoms with Gasteiger partial charge in [-0.2, -0.15) is 0 Å². The number of pyridine rings is 1. The highest BCUT2D eigenvalue weighted by molar-refractivity contribution is 5.57. The molecule has 2 aromatic rings. The van der Waals surface area contributed by atoms with Crippen LogP contribution in [0, 0.1) is 5.82 Å². The first kappa shape index (κ1) is 7.03. The van der Waals surface area contributed by atoms with Crippen LogP contribution in [0.3, 0.4) is 0 Å². The van der Waals surface area contributed by atoms with E-state index < -0.39 is 0 Å². The quantitative estimate of drug-likeness (QED) is 0.684. The second-order valence-electron chi connectivity index (χ2n) is 2.48. The van der Waals surface area contributed by atoms with Crippen molar-refractivity contribution in [2.75, 3.05) is 0 Å². The van der Waals surface area contributed by atoms with E-state index in [0.717, 1.165) is 11.3 Å². The van der Waals surface area contributed by atoms with E-state index in [1.807, 2.05) is 12.1 Å². The molecular weight excluding hydrogens is 155 g/mol. The Morgan fingerprint density at radius 3 is 2.92 bits per heavy atom. The van der Waals surface area contributed by atoms with Crippen molar-refractivity contribution >= 4 is 0 Å². The Morgan fingerprint density at radius 1 is 1.33 bits per heavy atom. The Bertz CT molecular complexity index is 368. The van der Waals surface area contributed by atoms with Crippen LogP contribution in [-0.4, -0.2) is 9.97 Å². The van der Waals surface area contributed by atoms with E-state index in [-0.39, 0.29) is 5.82 Å². The molecule has 2 nitrogen and oxygen atoms in total. The Morgan fingerprint density at radius 2 is 2.25 bits per heavy atom. The van der Waals surface area contributed by atoms with Gasteiger partial charge in [0, 0.05) is 23.7 Å². The minimum Gasteiger partial charge on any atom is -0.361 e. The minimum absolute atomic E-state index is 0.317. The van der Waals surface area contributed by atoms with E-state index >= 15 is 0 Å². The number of nitrogens with zero attached hydrogens (tertiary/aromatic N) is 1. The van der Waals surface area contributed by atoms with Crippen molar-refractivity contribution in [1.82, 2.24) is 9.97 Å². The van der Waals surface area contributed by atoms with Crippen molar-refractivity contribution in [3.8, 4) is 11.3 Å². The summed E-state index contributed by atoms with van der Waals surface area (Å²) in [7, 11) is 0. The van der Waals surface area contributed by atoms with Gasteiger partial charge in [-0.15, -0.1) is 0 Å². The van der Waals surface area contributed by atoms with Crippen LogP contribution in [0.15, 0.2) is 36.8 Å². The van der Waals surface area contributed by atoms with Crippen LogP contribution < -0.4 is 0 Å². The molecule has 2 aromatic heterocycles. The number of aromatic amines is 1. The van der Waals surface area contributed by atoms with Crippen LogP contribution >= 0.6 is 0 Å². The highest BCUT2D eigenvalue weighted by Crippen LogP contribution is 2.15. The minimum atomic E-state index is -0.317. The molecule has 60 valence electrons. The average Bonchev–Trinajstić information content (AvgIpc) is 2.56. The third-order valence-corrected chi connectivity index (χ3v) is 1.61. The van der Waals surface area contributed by atoms with Gasteiger partial charge in [0.2, 0.25) is 0 Å². The van der Waals surface area contributed by atoms with Gasteiger partial charge in [0.15, 0.2) is 0 Å². The molecule has 0 amide bonds. The topological polar surface area (TPSA) is 28.7 Å². The van der Waals surface area contributed by atoms with Gasteiger partial charge in [-0.3, -0.25) is 4.98 Å². The summed E-state index contributed by atoms with van der Waals surface area (Å²) in [4.78, 5) is 6.72. The lowest BCUT2D eigenvalue weighted by atomic mass is 10.2. The number of rotatable bonds is 1. The molecule has 0 spiro atoms. The standard InChI is InChI=1S/C9H7FN2/c10-8-4-7(5-11-6-8)9-2-1-3-12-9/h1-6,12H. The highest BCUT2D eigenvalue weighted by Gasteiger charge is 1.98. The maximum absolute atomic E-state index is 12.7. The molecule has 0 saturated heterocycles. The van der Waals surface area contributed by atoms with Gasteiger partial charge in [-0.05, 0) is 18.2 Å². The number of H-pyrrole nitrogens is 1. The predicted molar refractivity (Wildman–Crippen MR) is 44.0 cm³/mol. The normalized spacial score (nSPS) is 10.1. The Labute approximate surface area is 69.1 Å². The number of nitrogens with one attached hydrogen (secondary N) is 1. The van der Waals surface area contributed by atoms with Crippen molar-refractivity contribution < 1.29 is 4.39 Å². The fraction of sp³-hybridized carbons (Fsp3) is 0. The molecule has 0 aliphatic rings. The third kappa shape index (κ3) is 1.21. The van der Waals surface area contributed by atoms with Crippen molar-refractivity contribution in [2.45, 2.75) is 0 Å². The summed E-state index contributed by atoms with van der Waals surface area (Å²) < 4.78 is 12.7. The lowest BCUT2D eigenvalue weighted by Gasteiger charge is -1.95. The number of aromatic nitrogens is 2. The molecule has 1 N–H and O–H groups in total. The second-order valence-corrected chi connectivity index (χ2v) is 2.48. The van der Waals surface area contributed by atoms with Gasteiger partial charge in [-0.25, -0.2) is 4.39 Å². The highest BCUT2D eigenvalue weighted by atomic mass is 19.1. The molecule has 0 aliphatic carbocycles. The zero-order chi connectivity index (χ0) is 8.39. The van der Waals surface area contributed by atoms with E-state index in [1.54, 1.807) is 12.4 Å². The van der Waals surface area contributed by atoms with E-state index in [9.17, 15) is 4.39 Å². The summed E-state index contributed by atoms with van der Waals surface area (Å²) in [5.74, 6) is -0.317. The second kappa shape index (κ2) is 2.77. The first-order chi connectivity index (χ1) is 5.86. The average molecular weight is 162 g/mol. The molecule has 3 heteroatoms. The maximum Gasteiger partial charge on any atom is 0.142 e. The fourth-order valence-electron chi connectivity index (χ4n) is 1.07. The fourth-order valence-corrected chi connectivity index (χ4v) is 1.07. The monoisotopic (exact) mass is 162 g/mol. The summed E-state index contributed by atoms with van der Waals surface area (Å²) in [6.07, 6.45) is 4.60. The van der Waals surface area contributed by atoms with Crippen molar-refractivity contribution in [3.05, 3.63) is 42.6 Å². The van der Waals surface area contributed by atoms with E-state index in [1.165, 1.54) is 12.3 Å². The van der Waals surface area contributed by atoms with Crippen LogP contribution in [0.25, 0.3) is 11.3 Å². The summed E-state index contributed by atoms with van der Waals surface area (Å²) in [5.41, 5.74) is 1.64. The van der Waals surface area contributed by atoms with Gasteiger partial charge >= 0.3 is 0 Å².